The summed E-state index contributed by atoms with van der Waals surface area (Å²) < 4.78 is 46.3. The summed E-state index contributed by atoms with van der Waals surface area (Å²) in [6, 6.07) is 15.1. The van der Waals surface area contributed by atoms with E-state index in [0.717, 1.165) is 15.9 Å². The molecule has 0 aromatic heterocycles. The van der Waals surface area contributed by atoms with E-state index in [4.69, 9.17) is 15.2 Å². The van der Waals surface area contributed by atoms with Crippen molar-refractivity contribution in [1.82, 2.24) is 0 Å². The van der Waals surface area contributed by atoms with E-state index < -0.39 is 76.8 Å². The van der Waals surface area contributed by atoms with Gasteiger partial charge in [0.05, 0.1) is 12.2 Å². The van der Waals surface area contributed by atoms with Crippen molar-refractivity contribution in [2.24, 2.45) is 22.7 Å². The second-order valence-electron chi connectivity index (χ2n) is 13.2. The summed E-state index contributed by atoms with van der Waals surface area (Å²) in [5, 5.41) is 21.8. The lowest BCUT2D eigenvalue weighted by Gasteiger charge is -2.63. The van der Waals surface area contributed by atoms with Gasteiger partial charge in [-0.2, -0.15) is 0 Å². The summed E-state index contributed by atoms with van der Waals surface area (Å²) in [5.41, 5.74) is 0.520. The van der Waals surface area contributed by atoms with Crippen molar-refractivity contribution >= 4 is 29.0 Å². The SMILES string of the molecule is C[C@]12C=CC(=O)C=C1[C@@H](F)C[C@H]1C3C[C@H]4O[C@@H](c5ccc(Sc6ccc(N)cc6)cc5)O[C@@]4(C(=O)CO)[C@@]3(C)C[C@H](O)[C@@]12F. The minimum Gasteiger partial charge on any atom is -0.399 e. The van der Waals surface area contributed by atoms with Gasteiger partial charge in [0.2, 0.25) is 0 Å². The predicted octanol–water partition coefficient (Wildman–Crippen LogP) is 5.06. The molecule has 7 nitrogen and oxygen atoms in total. The Bertz CT molecular complexity index is 1580. The Morgan fingerprint density at radius 3 is 2.39 bits per heavy atom. The van der Waals surface area contributed by atoms with Crippen LogP contribution in [0.3, 0.4) is 0 Å². The molecular weight excluding hydrogens is 588 g/mol. The normalized spacial score (nSPS) is 42.2. The number of hydrogen-bond acceptors (Lipinski definition) is 8. The van der Waals surface area contributed by atoms with Crippen molar-refractivity contribution in [2.75, 3.05) is 12.3 Å². The van der Waals surface area contributed by atoms with Crippen LogP contribution in [0.25, 0.3) is 0 Å². The highest BCUT2D eigenvalue weighted by atomic mass is 32.2. The second kappa shape index (κ2) is 10.1. The predicted molar refractivity (Wildman–Crippen MR) is 159 cm³/mol. The van der Waals surface area contributed by atoms with E-state index in [1.165, 1.54) is 19.1 Å². The lowest BCUT2D eigenvalue weighted by molar-refractivity contribution is -0.235. The molecule has 2 aromatic carbocycles. The molecule has 1 unspecified atom stereocenters. The number of ether oxygens (including phenoxy) is 2. The first-order chi connectivity index (χ1) is 20.9. The monoisotopic (exact) mass is 623 g/mol. The van der Waals surface area contributed by atoms with E-state index in [1.54, 1.807) is 18.7 Å². The van der Waals surface area contributed by atoms with Gasteiger partial charge in [-0.25, -0.2) is 8.78 Å². The van der Waals surface area contributed by atoms with Crippen molar-refractivity contribution in [2.45, 2.75) is 78.8 Å². The number of anilines is 1. The lowest BCUT2D eigenvalue weighted by Crippen LogP contribution is -2.70. The number of Topliss-reactive ketones (excluding diaryl/α,β-unsaturated/α-hetero) is 1. The standard InChI is InChI=1S/C34H35F2NO6S/c1-31-12-11-20(39)13-25(31)26(35)14-24-23-15-29-34(28(41)17-38,32(23,2)16-27(40)33(24,31)36)43-30(42-29)18-3-7-21(8-4-18)44-22-9-5-19(37)6-10-22/h3-13,23-24,26-27,29-30,38,40H,14-17,37H2,1-2H3/t23?,24-,26-,27-,29+,30+,31-,32-,33-,34+/m0/s1. The average molecular weight is 624 g/mol. The van der Waals surface area contributed by atoms with Gasteiger partial charge in [0, 0.05) is 37.8 Å². The first-order valence-electron chi connectivity index (χ1n) is 14.9. The van der Waals surface area contributed by atoms with Crippen LogP contribution in [0.4, 0.5) is 14.5 Å². The Labute approximate surface area is 258 Å². The smallest absolute Gasteiger partial charge is 0.193 e. The van der Waals surface area contributed by atoms with E-state index in [1.807, 2.05) is 48.5 Å². The Hall–Kier alpha value is -2.89. The van der Waals surface area contributed by atoms with Crippen LogP contribution in [0, 0.1) is 22.7 Å². The van der Waals surface area contributed by atoms with E-state index in [0.29, 0.717) is 11.3 Å². The molecule has 1 heterocycles. The quantitative estimate of drug-likeness (QED) is 0.396. The number of nitrogens with two attached hydrogens (primary N) is 1. The second-order valence-corrected chi connectivity index (χ2v) is 14.4. The maximum atomic E-state index is 17.5. The summed E-state index contributed by atoms with van der Waals surface area (Å²) in [7, 11) is 0. The third kappa shape index (κ3) is 3.87. The zero-order valence-electron chi connectivity index (χ0n) is 24.4. The van der Waals surface area contributed by atoms with Crippen molar-refractivity contribution in [3.63, 3.8) is 0 Å². The van der Waals surface area contributed by atoms with Crippen molar-refractivity contribution in [1.29, 1.82) is 0 Å². The van der Waals surface area contributed by atoms with Crippen LogP contribution in [-0.4, -0.2) is 58.0 Å². The number of alkyl halides is 2. The first kappa shape index (κ1) is 29.8. The van der Waals surface area contributed by atoms with Crippen LogP contribution in [0.15, 0.2) is 82.1 Å². The Balaban J connectivity index is 1.21. The third-order valence-corrected chi connectivity index (χ3v) is 12.2. The molecule has 3 saturated carbocycles. The van der Waals surface area contributed by atoms with Crippen LogP contribution in [0.2, 0.25) is 0 Å². The van der Waals surface area contributed by atoms with Crippen LogP contribution >= 0.6 is 11.8 Å². The zero-order valence-corrected chi connectivity index (χ0v) is 25.2. The van der Waals surface area contributed by atoms with Gasteiger partial charge in [0.15, 0.2) is 29.1 Å². The van der Waals surface area contributed by atoms with Gasteiger partial charge in [-0.3, -0.25) is 9.59 Å². The highest BCUT2D eigenvalue weighted by Gasteiger charge is 2.80. The van der Waals surface area contributed by atoms with Crippen LogP contribution in [-0.2, 0) is 19.1 Å². The zero-order chi connectivity index (χ0) is 31.2. The van der Waals surface area contributed by atoms with Gasteiger partial charge in [-0.05, 0) is 86.2 Å². The Kier molecular flexibility index (Phi) is 6.81. The largest absolute Gasteiger partial charge is 0.399 e. The summed E-state index contributed by atoms with van der Waals surface area (Å²) in [4.78, 5) is 27.8. The van der Waals surface area contributed by atoms with E-state index in [9.17, 15) is 19.8 Å². The number of carbonyl (C=O) groups excluding carboxylic acids is 2. The summed E-state index contributed by atoms with van der Waals surface area (Å²) in [6.45, 7) is 2.48. The van der Waals surface area contributed by atoms with Crippen molar-refractivity contribution in [3.05, 3.63) is 77.9 Å². The van der Waals surface area contributed by atoms with Gasteiger partial charge in [0.25, 0.3) is 0 Å². The average Bonchev–Trinajstić information content (AvgIpc) is 3.50. The molecule has 10 atom stereocenters. The van der Waals surface area contributed by atoms with Crippen molar-refractivity contribution in [3.8, 4) is 0 Å². The molecule has 0 spiro atoms. The number of rotatable bonds is 5. The molecule has 10 heteroatoms. The Morgan fingerprint density at radius 1 is 1.07 bits per heavy atom. The van der Waals surface area contributed by atoms with Gasteiger partial charge in [-0.15, -0.1) is 0 Å². The van der Waals surface area contributed by atoms with Gasteiger partial charge >= 0.3 is 0 Å². The molecule has 0 bridgehead atoms. The molecule has 1 saturated heterocycles. The third-order valence-electron chi connectivity index (χ3n) is 11.2. The number of benzene rings is 2. The molecule has 1 aliphatic heterocycles. The van der Waals surface area contributed by atoms with E-state index in [-0.39, 0.29) is 24.8 Å². The molecule has 4 aliphatic carbocycles. The number of aliphatic hydroxyl groups excluding tert-OH is 2. The minimum absolute atomic E-state index is 0.0383. The summed E-state index contributed by atoms with van der Waals surface area (Å²) >= 11 is 1.56. The number of allylic oxidation sites excluding steroid dienone is 4. The first-order valence-corrected chi connectivity index (χ1v) is 15.8. The van der Waals surface area contributed by atoms with E-state index >= 15 is 8.78 Å². The van der Waals surface area contributed by atoms with Gasteiger partial charge in [0.1, 0.15) is 12.8 Å². The molecular formula is C34H35F2NO6S. The van der Waals surface area contributed by atoms with Gasteiger partial charge in [-0.1, -0.05) is 36.9 Å². The van der Waals surface area contributed by atoms with Crippen LogP contribution in [0.1, 0.15) is 45.0 Å². The molecule has 4 N–H and O–H groups in total. The molecule has 5 aliphatic rings. The van der Waals surface area contributed by atoms with E-state index in [2.05, 4.69) is 0 Å². The fourth-order valence-corrected chi connectivity index (χ4v) is 9.90. The number of ketones is 2. The number of nitrogen functional groups attached to an aromatic ring is 1. The molecule has 7 rings (SSSR count). The number of hydrogen-bond donors (Lipinski definition) is 3. The topological polar surface area (TPSA) is 119 Å². The molecule has 0 amide bonds. The van der Waals surface area contributed by atoms with Crippen LogP contribution in [0.5, 0.6) is 0 Å². The molecule has 232 valence electrons. The minimum atomic E-state index is -2.29. The maximum Gasteiger partial charge on any atom is 0.193 e. The highest BCUT2D eigenvalue weighted by Crippen LogP contribution is 2.72. The number of halogens is 2. The number of aliphatic hydroxyl groups is 2. The van der Waals surface area contributed by atoms with Gasteiger partial charge < -0.3 is 25.4 Å². The molecule has 2 aromatic rings. The van der Waals surface area contributed by atoms with Crippen molar-refractivity contribution < 1.29 is 38.1 Å². The fraction of sp³-hybridized carbons (Fsp3) is 0.471. The number of fused-ring (bicyclic) bond motifs is 7. The molecule has 44 heavy (non-hydrogen) atoms. The number of carbonyl (C=O) groups is 2. The summed E-state index contributed by atoms with van der Waals surface area (Å²) in [6.07, 6.45) is -1.41. The molecule has 4 fully saturated rings. The van der Waals surface area contributed by atoms with Crippen LogP contribution < -0.4 is 5.73 Å². The summed E-state index contributed by atoms with van der Waals surface area (Å²) in [5.74, 6) is -2.61. The lowest BCUT2D eigenvalue weighted by atomic mass is 9.44. The highest BCUT2D eigenvalue weighted by molar-refractivity contribution is 7.99. The Morgan fingerprint density at radius 2 is 1.73 bits per heavy atom. The fourth-order valence-electron chi connectivity index (χ4n) is 9.08. The molecule has 0 radical (unpaired) electrons. The maximum absolute atomic E-state index is 17.5.